The fraction of sp³-hybridized carbons (Fsp3) is 0.630. The maximum atomic E-state index is 12.6. The minimum atomic E-state index is -4.67. The van der Waals surface area contributed by atoms with E-state index < -0.39 is 58.4 Å². The van der Waals surface area contributed by atoms with Crippen molar-refractivity contribution < 1.29 is 52.6 Å². The second kappa shape index (κ2) is 40.6. The summed E-state index contributed by atoms with van der Waals surface area (Å²) in [5.41, 5.74) is 0. The van der Waals surface area contributed by atoms with Crippen LogP contribution in [0, 0.1) is 0 Å². The van der Waals surface area contributed by atoms with Crippen LogP contribution in [0.4, 0.5) is 0 Å². The van der Waals surface area contributed by atoms with Crippen LogP contribution in [0.3, 0.4) is 0 Å². The fourth-order valence-electron chi connectivity index (χ4n) is 5.13. The van der Waals surface area contributed by atoms with Gasteiger partial charge in [0.15, 0.2) is 11.9 Å². The highest BCUT2D eigenvalue weighted by molar-refractivity contribution is 7.47. The molecular formula is C46H75O11P. The molecule has 0 aliphatic heterocycles. The SMILES string of the molecule is CCCCC/C=C\C=C\C(=O)CCCCCCCC(=O)OC[C@H](COP(=O)(O)OC[C@@H](O)CO)OC(=O)CC/C=C\C/C=C\C/C=C\C/C=C\C/C=C\CCCCC. The maximum absolute atomic E-state index is 12.6. The number of ketones is 1. The average molecular weight is 835 g/mol. The smallest absolute Gasteiger partial charge is 0.462 e. The number of ether oxygens (including phenoxy) is 2. The topological polar surface area (TPSA) is 166 Å². The van der Waals surface area contributed by atoms with Crippen LogP contribution in [0.15, 0.2) is 85.1 Å². The van der Waals surface area contributed by atoms with E-state index in [-0.39, 0.29) is 18.6 Å². The van der Waals surface area contributed by atoms with Gasteiger partial charge in [-0.2, -0.15) is 0 Å². The van der Waals surface area contributed by atoms with E-state index in [2.05, 4.69) is 67.0 Å². The monoisotopic (exact) mass is 835 g/mol. The van der Waals surface area contributed by atoms with E-state index in [0.29, 0.717) is 25.7 Å². The molecule has 0 saturated heterocycles. The fourth-order valence-corrected chi connectivity index (χ4v) is 5.92. The first-order valence-corrected chi connectivity index (χ1v) is 23.0. The molecule has 0 aromatic carbocycles. The normalized spacial score (nSPS) is 14.6. The van der Waals surface area contributed by atoms with E-state index in [1.165, 1.54) is 32.1 Å². The predicted octanol–water partition coefficient (Wildman–Crippen LogP) is 10.6. The van der Waals surface area contributed by atoms with Gasteiger partial charge >= 0.3 is 19.8 Å². The van der Waals surface area contributed by atoms with E-state index in [9.17, 15) is 28.9 Å². The molecule has 0 spiro atoms. The lowest BCUT2D eigenvalue weighted by Gasteiger charge is -2.20. The van der Waals surface area contributed by atoms with Gasteiger partial charge in [-0.15, -0.1) is 0 Å². The quantitative estimate of drug-likeness (QED) is 0.0135. The van der Waals surface area contributed by atoms with Crippen molar-refractivity contribution in [2.75, 3.05) is 26.4 Å². The zero-order valence-corrected chi connectivity index (χ0v) is 36.4. The third-order valence-electron chi connectivity index (χ3n) is 8.51. The highest BCUT2D eigenvalue weighted by atomic mass is 31.2. The summed E-state index contributed by atoms with van der Waals surface area (Å²) in [5.74, 6) is -1.02. The van der Waals surface area contributed by atoms with Crippen molar-refractivity contribution in [1.29, 1.82) is 0 Å². The molecule has 11 nitrogen and oxygen atoms in total. The summed E-state index contributed by atoms with van der Waals surface area (Å²) < 4.78 is 32.5. The van der Waals surface area contributed by atoms with Crippen LogP contribution < -0.4 is 0 Å². The lowest BCUT2D eigenvalue weighted by molar-refractivity contribution is -0.161. The van der Waals surface area contributed by atoms with Crippen molar-refractivity contribution in [3.05, 3.63) is 85.1 Å². The lowest BCUT2D eigenvalue weighted by Crippen LogP contribution is -2.29. The maximum Gasteiger partial charge on any atom is 0.472 e. The van der Waals surface area contributed by atoms with Crippen molar-refractivity contribution in [3.8, 4) is 0 Å². The Morgan fingerprint density at radius 3 is 1.67 bits per heavy atom. The third kappa shape index (κ3) is 39.6. The van der Waals surface area contributed by atoms with Gasteiger partial charge in [-0.1, -0.05) is 138 Å². The van der Waals surface area contributed by atoms with Gasteiger partial charge in [0, 0.05) is 19.3 Å². The number of unbranched alkanes of at least 4 members (excludes halogenated alkanes) is 10. The number of aliphatic hydroxyl groups excluding tert-OH is 2. The number of rotatable bonds is 39. The molecule has 0 radical (unpaired) electrons. The van der Waals surface area contributed by atoms with Crippen LogP contribution >= 0.6 is 7.82 Å². The van der Waals surface area contributed by atoms with Crippen molar-refractivity contribution >= 4 is 25.5 Å². The van der Waals surface area contributed by atoms with Gasteiger partial charge in [-0.3, -0.25) is 23.4 Å². The van der Waals surface area contributed by atoms with Gasteiger partial charge in [0.25, 0.3) is 0 Å². The molecule has 0 aliphatic carbocycles. The number of phosphoric acid groups is 1. The second-order valence-electron chi connectivity index (χ2n) is 14.0. The largest absolute Gasteiger partial charge is 0.472 e. The summed E-state index contributed by atoms with van der Waals surface area (Å²) in [6, 6.07) is 0. The van der Waals surface area contributed by atoms with E-state index in [1.54, 1.807) is 12.2 Å². The second-order valence-corrected chi connectivity index (χ2v) is 15.5. The molecule has 0 aliphatic rings. The van der Waals surface area contributed by atoms with Crippen molar-refractivity contribution in [3.63, 3.8) is 0 Å². The number of esters is 2. The molecule has 58 heavy (non-hydrogen) atoms. The Labute approximate surface area is 349 Å². The molecule has 0 rings (SSSR count). The summed E-state index contributed by atoms with van der Waals surface area (Å²) in [4.78, 5) is 47.0. The first-order chi connectivity index (χ1) is 28.1. The number of carbonyl (C=O) groups is 3. The first-order valence-electron chi connectivity index (χ1n) is 21.5. The highest BCUT2D eigenvalue weighted by Gasteiger charge is 2.27. The van der Waals surface area contributed by atoms with E-state index in [1.807, 2.05) is 24.3 Å². The van der Waals surface area contributed by atoms with Crippen LogP contribution in [-0.4, -0.2) is 71.5 Å². The van der Waals surface area contributed by atoms with Gasteiger partial charge in [-0.25, -0.2) is 4.57 Å². The average Bonchev–Trinajstić information content (AvgIpc) is 3.21. The van der Waals surface area contributed by atoms with Crippen LogP contribution in [-0.2, 0) is 37.5 Å². The van der Waals surface area contributed by atoms with Gasteiger partial charge in [0.2, 0.25) is 0 Å². The summed E-state index contributed by atoms with van der Waals surface area (Å²) in [7, 11) is -4.67. The Morgan fingerprint density at radius 1 is 0.569 bits per heavy atom. The molecule has 0 saturated carbocycles. The zero-order chi connectivity index (χ0) is 42.8. The molecule has 12 heteroatoms. The van der Waals surface area contributed by atoms with Crippen molar-refractivity contribution in [2.24, 2.45) is 0 Å². The number of phosphoric ester groups is 1. The molecule has 0 amide bonds. The number of carbonyl (C=O) groups excluding carboxylic acids is 3. The predicted molar refractivity (Wildman–Crippen MR) is 233 cm³/mol. The van der Waals surface area contributed by atoms with Crippen LogP contribution in [0.1, 0.15) is 149 Å². The van der Waals surface area contributed by atoms with Crippen LogP contribution in [0.2, 0.25) is 0 Å². The molecule has 3 N–H and O–H groups in total. The number of allylic oxidation sites excluding steroid dienone is 14. The Hall–Kier alpha value is -3.18. The Balaban J connectivity index is 4.53. The molecular weight excluding hydrogens is 759 g/mol. The summed E-state index contributed by atoms with van der Waals surface area (Å²) in [5, 5.41) is 18.3. The van der Waals surface area contributed by atoms with Crippen molar-refractivity contribution in [1.82, 2.24) is 0 Å². The molecule has 0 heterocycles. The van der Waals surface area contributed by atoms with Crippen molar-refractivity contribution in [2.45, 2.75) is 161 Å². The molecule has 0 bridgehead atoms. The first kappa shape index (κ1) is 54.8. The molecule has 0 fully saturated rings. The Bertz CT molecular complexity index is 1300. The lowest BCUT2D eigenvalue weighted by atomic mass is 10.1. The highest BCUT2D eigenvalue weighted by Crippen LogP contribution is 2.43. The summed E-state index contributed by atoms with van der Waals surface area (Å²) >= 11 is 0. The number of hydrogen-bond acceptors (Lipinski definition) is 10. The molecule has 330 valence electrons. The van der Waals surface area contributed by atoms with Crippen LogP contribution in [0.5, 0.6) is 0 Å². The molecule has 1 unspecified atom stereocenters. The minimum absolute atomic E-state index is 0.0313. The Morgan fingerprint density at radius 2 is 1.09 bits per heavy atom. The number of aliphatic hydroxyl groups is 2. The summed E-state index contributed by atoms with van der Waals surface area (Å²) in [6.07, 6.45) is 43.8. The van der Waals surface area contributed by atoms with Crippen LogP contribution in [0.25, 0.3) is 0 Å². The standard InChI is InChI=1S/C46H75O11P/c1-3-5-7-9-11-12-13-14-15-16-17-18-19-20-21-22-24-28-33-37-46(51)57-44(41-56-58(52,53)55-39-43(49)38-47)40-54-45(50)36-32-29-25-27-31-35-42(48)34-30-26-23-10-8-6-4-2/h11-12,14-15,17-18,20-21,23-24,26,28,30,34,43-44,47,49H,3-10,13,16,19,22,25,27,29,31-33,35-41H2,1-2H3,(H,52,53)/b12-11-,15-14-,18-17-,21-20-,26-23-,28-24-,34-30+/t43-,44+/m0/s1. The molecule has 0 aromatic rings. The zero-order valence-electron chi connectivity index (χ0n) is 35.5. The van der Waals surface area contributed by atoms with E-state index in [4.69, 9.17) is 19.1 Å². The van der Waals surface area contributed by atoms with Gasteiger partial charge in [0.1, 0.15) is 12.7 Å². The van der Waals surface area contributed by atoms with Gasteiger partial charge in [0.05, 0.1) is 19.8 Å². The minimum Gasteiger partial charge on any atom is -0.462 e. The van der Waals surface area contributed by atoms with E-state index >= 15 is 0 Å². The number of hydrogen-bond donors (Lipinski definition) is 3. The summed E-state index contributed by atoms with van der Waals surface area (Å²) in [6.45, 7) is 2.06. The molecule has 0 aromatic heterocycles. The Kier molecular flexibility index (Phi) is 38.4. The van der Waals surface area contributed by atoms with E-state index in [0.717, 1.165) is 64.2 Å². The van der Waals surface area contributed by atoms with Gasteiger partial charge < -0.3 is 24.6 Å². The van der Waals surface area contributed by atoms with Gasteiger partial charge in [-0.05, 0) is 76.7 Å². The molecule has 3 atom stereocenters. The third-order valence-corrected chi connectivity index (χ3v) is 9.46.